The maximum Gasteiger partial charge on any atom is 0.360 e. The lowest BCUT2D eigenvalue weighted by Gasteiger charge is -2.37. The van der Waals surface area contributed by atoms with E-state index in [9.17, 15) is 15.0 Å². The largest absolute Gasteiger partial charge is 0.506 e. The number of hydrogen-bond donors (Lipinski definition) is 2. The molecule has 1 atom stereocenters. The molecule has 2 aliphatic heterocycles. The summed E-state index contributed by atoms with van der Waals surface area (Å²) in [6, 6.07) is 0. The van der Waals surface area contributed by atoms with Crippen LogP contribution in [0.25, 0.3) is 0 Å². The molecule has 0 bridgehead atoms. The SMILES string of the molecule is CCOC(=O)C1=C(O)C(O)N2CCCOC(C)(C)C2=N1. The number of nitrogens with zero attached hydrogens (tertiary/aromatic N) is 2. The maximum atomic E-state index is 11.8. The Morgan fingerprint density at radius 2 is 2.30 bits per heavy atom. The molecular weight excluding hydrogens is 264 g/mol. The number of carbonyl (C=O) groups excluding carboxylic acids is 1. The topological polar surface area (TPSA) is 91.6 Å². The molecule has 0 amide bonds. The van der Waals surface area contributed by atoms with Crippen LogP contribution in [0.3, 0.4) is 0 Å². The molecule has 0 radical (unpaired) electrons. The standard InChI is InChI=1S/C13H20N2O5/c1-4-19-11(18)8-9(16)10(17)15-6-5-7-20-13(2,3)12(15)14-8/h10,16-17H,4-7H2,1-3H3. The second kappa shape index (κ2) is 5.41. The molecule has 1 fully saturated rings. The first-order chi connectivity index (χ1) is 9.38. The molecule has 0 aromatic rings. The summed E-state index contributed by atoms with van der Waals surface area (Å²) < 4.78 is 10.5. The van der Waals surface area contributed by atoms with Crippen LogP contribution in [-0.4, -0.2) is 58.5 Å². The molecule has 2 rings (SSSR count). The highest BCUT2D eigenvalue weighted by atomic mass is 16.5. The van der Waals surface area contributed by atoms with Gasteiger partial charge < -0.3 is 24.6 Å². The fourth-order valence-corrected chi connectivity index (χ4v) is 2.30. The quantitative estimate of drug-likeness (QED) is 0.720. The van der Waals surface area contributed by atoms with Crippen molar-refractivity contribution in [2.24, 2.45) is 4.99 Å². The van der Waals surface area contributed by atoms with Crippen molar-refractivity contribution < 1.29 is 24.5 Å². The minimum absolute atomic E-state index is 0.167. The molecule has 2 heterocycles. The fourth-order valence-electron chi connectivity index (χ4n) is 2.30. The number of esters is 1. The van der Waals surface area contributed by atoms with Crippen molar-refractivity contribution in [3.05, 3.63) is 11.5 Å². The third-order valence-corrected chi connectivity index (χ3v) is 3.29. The van der Waals surface area contributed by atoms with Gasteiger partial charge >= 0.3 is 5.97 Å². The van der Waals surface area contributed by atoms with Crippen molar-refractivity contribution in [2.75, 3.05) is 19.8 Å². The van der Waals surface area contributed by atoms with Crippen LogP contribution in [0.5, 0.6) is 0 Å². The molecule has 2 N–H and O–H groups in total. The summed E-state index contributed by atoms with van der Waals surface area (Å²) in [6.45, 7) is 6.45. The molecule has 1 saturated heterocycles. The van der Waals surface area contributed by atoms with Crippen LogP contribution in [0.2, 0.25) is 0 Å². The average Bonchev–Trinajstić information content (AvgIpc) is 2.53. The van der Waals surface area contributed by atoms with Crippen LogP contribution in [0.1, 0.15) is 27.2 Å². The minimum Gasteiger partial charge on any atom is -0.506 e. The normalized spacial score (nSPS) is 25.7. The van der Waals surface area contributed by atoms with E-state index < -0.39 is 23.6 Å². The van der Waals surface area contributed by atoms with Gasteiger partial charge in [-0.3, -0.25) is 0 Å². The molecule has 2 aliphatic rings. The molecular formula is C13H20N2O5. The van der Waals surface area contributed by atoms with Crippen molar-refractivity contribution in [1.82, 2.24) is 4.90 Å². The lowest BCUT2D eigenvalue weighted by atomic mass is 10.0. The zero-order chi connectivity index (χ0) is 14.9. The molecule has 0 aromatic heterocycles. The minimum atomic E-state index is -1.30. The highest BCUT2D eigenvalue weighted by Gasteiger charge is 2.42. The Hall–Kier alpha value is -1.60. The summed E-state index contributed by atoms with van der Waals surface area (Å²) in [5, 5.41) is 20.2. The first-order valence-corrected chi connectivity index (χ1v) is 6.66. The van der Waals surface area contributed by atoms with Crippen molar-refractivity contribution >= 4 is 11.8 Å². The van der Waals surface area contributed by atoms with Gasteiger partial charge in [0.1, 0.15) is 11.4 Å². The Morgan fingerprint density at radius 1 is 1.60 bits per heavy atom. The second-order valence-corrected chi connectivity index (χ2v) is 5.17. The summed E-state index contributed by atoms with van der Waals surface area (Å²) >= 11 is 0. The lowest BCUT2D eigenvalue weighted by Crippen LogP contribution is -2.52. The highest BCUT2D eigenvalue weighted by Crippen LogP contribution is 2.29. The average molecular weight is 284 g/mol. The van der Waals surface area contributed by atoms with E-state index in [0.29, 0.717) is 25.4 Å². The van der Waals surface area contributed by atoms with Crippen molar-refractivity contribution in [2.45, 2.75) is 39.0 Å². The van der Waals surface area contributed by atoms with Gasteiger partial charge in [0.05, 0.1) is 6.61 Å². The van der Waals surface area contributed by atoms with Gasteiger partial charge in [-0.15, -0.1) is 0 Å². The predicted molar refractivity (Wildman–Crippen MR) is 71.1 cm³/mol. The number of aliphatic hydroxyl groups excluding tert-OH is 2. The molecule has 7 nitrogen and oxygen atoms in total. The summed E-state index contributed by atoms with van der Waals surface area (Å²) in [5.41, 5.74) is -1.01. The number of hydrogen-bond acceptors (Lipinski definition) is 7. The van der Waals surface area contributed by atoms with E-state index in [4.69, 9.17) is 9.47 Å². The van der Waals surface area contributed by atoms with E-state index in [-0.39, 0.29) is 12.3 Å². The van der Waals surface area contributed by atoms with Crippen LogP contribution >= 0.6 is 0 Å². The number of aliphatic hydroxyl groups is 2. The van der Waals surface area contributed by atoms with Crippen LogP contribution in [-0.2, 0) is 14.3 Å². The van der Waals surface area contributed by atoms with Crippen LogP contribution in [0.4, 0.5) is 0 Å². The van der Waals surface area contributed by atoms with Crippen molar-refractivity contribution in [3.63, 3.8) is 0 Å². The van der Waals surface area contributed by atoms with Gasteiger partial charge in [0.15, 0.2) is 17.7 Å². The summed E-state index contributed by atoms with van der Waals surface area (Å²) in [4.78, 5) is 17.5. The first-order valence-electron chi connectivity index (χ1n) is 6.66. The van der Waals surface area contributed by atoms with E-state index in [1.165, 1.54) is 0 Å². The number of aliphatic imine (C=N–C) groups is 1. The molecule has 0 aromatic carbocycles. The number of fused-ring (bicyclic) bond motifs is 1. The Kier molecular flexibility index (Phi) is 4.01. The van der Waals surface area contributed by atoms with E-state index in [2.05, 4.69) is 4.99 Å². The van der Waals surface area contributed by atoms with E-state index in [1.807, 2.05) is 13.8 Å². The van der Waals surface area contributed by atoms with Crippen LogP contribution < -0.4 is 0 Å². The zero-order valence-corrected chi connectivity index (χ0v) is 11.9. The Labute approximate surface area is 117 Å². The number of carbonyl (C=O) groups is 1. The molecule has 0 spiro atoms. The van der Waals surface area contributed by atoms with Crippen LogP contribution in [0, 0.1) is 0 Å². The maximum absolute atomic E-state index is 11.8. The van der Waals surface area contributed by atoms with E-state index in [1.54, 1.807) is 11.8 Å². The van der Waals surface area contributed by atoms with Gasteiger partial charge in [0.2, 0.25) is 0 Å². The van der Waals surface area contributed by atoms with Gasteiger partial charge in [-0.05, 0) is 27.2 Å². The van der Waals surface area contributed by atoms with Gasteiger partial charge in [-0.1, -0.05) is 0 Å². The molecule has 0 aliphatic carbocycles. The highest BCUT2D eigenvalue weighted by molar-refractivity contribution is 5.99. The van der Waals surface area contributed by atoms with Gasteiger partial charge in [-0.25, -0.2) is 9.79 Å². The number of ether oxygens (including phenoxy) is 2. The summed E-state index contributed by atoms with van der Waals surface area (Å²) in [7, 11) is 0. The Balaban J connectivity index is 2.44. The monoisotopic (exact) mass is 284 g/mol. The van der Waals surface area contributed by atoms with Gasteiger partial charge in [-0.2, -0.15) is 0 Å². The van der Waals surface area contributed by atoms with E-state index >= 15 is 0 Å². The fraction of sp³-hybridized carbons (Fsp3) is 0.692. The van der Waals surface area contributed by atoms with E-state index in [0.717, 1.165) is 0 Å². The summed E-state index contributed by atoms with van der Waals surface area (Å²) in [6.07, 6.45) is -0.607. The third kappa shape index (κ3) is 2.51. The predicted octanol–water partition coefficient (Wildman–Crippen LogP) is 0.550. The van der Waals surface area contributed by atoms with Crippen molar-refractivity contribution in [1.29, 1.82) is 0 Å². The lowest BCUT2D eigenvalue weighted by molar-refractivity contribution is -0.139. The van der Waals surface area contributed by atoms with Gasteiger partial charge in [0, 0.05) is 13.2 Å². The van der Waals surface area contributed by atoms with Crippen molar-refractivity contribution in [3.8, 4) is 0 Å². The van der Waals surface area contributed by atoms with Gasteiger partial charge in [0.25, 0.3) is 0 Å². The Morgan fingerprint density at radius 3 is 2.95 bits per heavy atom. The third-order valence-electron chi connectivity index (χ3n) is 3.29. The van der Waals surface area contributed by atoms with Crippen LogP contribution in [0.15, 0.2) is 16.4 Å². The second-order valence-electron chi connectivity index (χ2n) is 5.17. The first kappa shape index (κ1) is 14.8. The molecule has 20 heavy (non-hydrogen) atoms. The zero-order valence-electron chi connectivity index (χ0n) is 11.9. The molecule has 7 heteroatoms. The number of rotatable bonds is 2. The smallest absolute Gasteiger partial charge is 0.360 e. The molecule has 0 saturated carbocycles. The molecule has 1 unspecified atom stereocenters. The Bertz CT molecular complexity index is 469. The summed E-state index contributed by atoms with van der Waals surface area (Å²) in [5.74, 6) is -0.815. The number of amidine groups is 1. The molecule has 112 valence electrons.